The lowest BCUT2D eigenvalue weighted by molar-refractivity contribution is -0.383. The van der Waals surface area contributed by atoms with E-state index in [1.807, 2.05) is 13.8 Å². The van der Waals surface area contributed by atoms with Gasteiger partial charge in [0.2, 0.25) is 0 Å². The van der Waals surface area contributed by atoms with Crippen LogP contribution in [0.3, 0.4) is 0 Å². The van der Waals surface area contributed by atoms with Crippen molar-refractivity contribution in [2.75, 3.05) is 19.5 Å². The van der Waals surface area contributed by atoms with Gasteiger partial charge in [-0.25, -0.2) is 0 Å². The maximum atomic E-state index is 12.2. The fraction of sp³-hybridized carbons (Fsp3) is 0.462. The highest BCUT2D eigenvalue weighted by Gasteiger charge is 2.22. The lowest BCUT2D eigenvalue weighted by atomic mass is 10.0. The topological polar surface area (TPSA) is 107 Å². The fourth-order valence-corrected chi connectivity index (χ4v) is 1.74. The van der Waals surface area contributed by atoms with E-state index in [1.165, 1.54) is 18.2 Å². The molecule has 0 spiro atoms. The Hall–Kier alpha value is -2.15. The molecular weight excluding hydrogens is 262 g/mol. The number of hydrogen-bond donors (Lipinski definition) is 2. The number of rotatable bonds is 6. The van der Waals surface area contributed by atoms with Gasteiger partial charge in [0.25, 0.3) is 11.6 Å². The number of anilines is 1. The van der Waals surface area contributed by atoms with Crippen LogP contribution in [0.4, 0.5) is 11.4 Å². The first kappa shape index (κ1) is 15.9. The van der Waals surface area contributed by atoms with Crippen LogP contribution in [0.1, 0.15) is 24.2 Å². The van der Waals surface area contributed by atoms with E-state index in [2.05, 4.69) is 5.32 Å². The molecule has 0 radical (unpaired) electrons. The van der Waals surface area contributed by atoms with Crippen molar-refractivity contribution >= 4 is 17.3 Å². The molecule has 1 amide bonds. The van der Waals surface area contributed by atoms with E-state index >= 15 is 0 Å². The zero-order valence-corrected chi connectivity index (χ0v) is 11.8. The van der Waals surface area contributed by atoms with Crippen molar-refractivity contribution in [3.05, 3.63) is 33.9 Å². The molecule has 7 heteroatoms. The van der Waals surface area contributed by atoms with E-state index in [1.54, 1.807) is 7.11 Å². The molecule has 1 aromatic carbocycles. The normalized spacial score (nSPS) is 12.2. The fourth-order valence-electron chi connectivity index (χ4n) is 1.74. The van der Waals surface area contributed by atoms with Crippen molar-refractivity contribution in [3.8, 4) is 0 Å². The number of methoxy groups -OCH3 is 1. The Morgan fingerprint density at radius 3 is 2.65 bits per heavy atom. The summed E-state index contributed by atoms with van der Waals surface area (Å²) >= 11 is 0. The Morgan fingerprint density at radius 1 is 1.50 bits per heavy atom. The molecular formula is C13H19N3O4. The number of nitro benzene ring substituents is 1. The van der Waals surface area contributed by atoms with Crippen molar-refractivity contribution in [1.29, 1.82) is 0 Å². The second-order valence-corrected chi connectivity index (χ2v) is 4.77. The minimum Gasteiger partial charge on any atom is -0.393 e. The average molecular weight is 281 g/mol. The van der Waals surface area contributed by atoms with Gasteiger partial charge in [0.15, 0.2) is 0 Å². The monoisotopic (exact) mass is 281 g/mol. The van der Waals surface area contributed by atoms with Crippen LogP contribution in [0.15, 0.2) is 18.2 Å². The first-order valence-corrected chi connectivity index (χ1v) is 6.21. The summed E-state index contributed by atoms with van der Waals surface area (Å²) < 4.78 is 5.04. The van der Waals surface area contributed by atoms with E-state index in [9.17, 15) is 14.9 Å². The van der Waals surface area contributed by atoms with Crippen LogP contribution >= 0.6 is 0 Å². The number of benzene rings is 1. The molecule has 0 aromatic heterocycles. The number of nitrogens with zero attached hydrogens (tertiary/aromatic N) is 1. The minimum absolute atomic E-state index is 0.0981. The Bertz CT molecular complexity index is 502. The third-order valence-corrected chi connectivity index (χ3v) is 2.99. The van der Waals surface area contributed by atoms with Gasteiger partial charge in [0.1, 0.15) is 5.69 Å². The molecule has 0 saturated carbocycles. The molecule has 0 aliphatic carbocycles. The van der Waals surface area contributed by atoms with Gasteiger partial charge in [-0.3, -0.25) is 14.9 Å². The van der Waals surface area contributed by atoms with Gasteiger partial charge in [-0.1, -0.05) is 19.9 Å². The van der Waals surface area contributed by atoms with Gasteiger partial charge in [-0.15, -0.1) is 0 Å². The van der Waals surface area contributed by atoms with Crippen molar-refractivity contribution < 1.29 is 14.5 Å². The largest absolute Gasteiger partial charge is 0.393 e. The summed E-state index contributed by atoms with van der Waals surface area (Å²) in [4.78, 5) is 22.4. The summed E-state index contributed by atoms with van der Waals surface area (Å²) in [5.41, 5.74) is 5.37. The molecule has 7 nitrogen and oxygen atoms in total. The smallest absolute Gasteiger partial charge is 0.292 e. The first-order valence-electron chi connectivity index (χ1n) is 6.21. The van der Waals surface area contributed by atoms with E-state index in [0.29, 0.717) is 6.61 Å². The molecule has 0 aliphatic heterocycles. The maximum Gasteiger partial charge on any atom is 0.292 e. The molecule has 0 saturated heterocycles. The minimum atomic E-state index is -0.610. The summed E-state index contributed by atoms with van der Waals surface area (Å²) in [7, 11) is 1.54. The van der Waals surface area contributed by atoms with Crippen molar-refractivity contribution in [2.45, 2.75) is 19.9 Å². The van der Waals surface area contributed by atoms with Crippen molar-refractivity contribution in [1.82, 2.24) is 5.32 Å². The zero-order chi connectivity index (χ0) is 15.3. The lowest BCUT2D eigenvalue weighted by Crippen LogP contribution is -2.41. The van der Waals surface area contributed by atoms with E-state index in [-0.39, 0.29) is 28.9 Å². The molecule has 3 N–H and O–H groups in total. The molecule has 1 aromatic rings. The Labute approximate surface area is 117 Å². The van der Waals surface area contributed by atoms with Crippen LogP contribution in [0.5, 0.6) is 0 Å². The second-order valence-electron chi connectivity index (χ2n) is 4.77. The van der Waals surface area contributed by atoms with Crippen LogP contribution < -0.4 is 11.1 Å². The third-order valence-electron chi connectivity index (χ3n) is 2.99. The molecule has 110 valence electrons. The third kappa shape index (κ3) is 3.67. The number of nitrogens with one attached hydrogen (secondary N) is 1. The standard InChI is InChI=1S/C13H19N3O4/c1-8(2)10(7-20-3)15-13(17)9-5-4-6-11(12(9)14)16(18)19/h4-6,8,10H,7,14H2,1-3H3,(H,15,17). The zero-order valence-electron chi connectivity index (χ0n) is 11.8. The molecule has 0 aliphatic rings. The number of hydrogen-bond acceptors (Lipinski definition) is 5. The summed E-state index contributed by atoms with van der Waals surface area (Å²) in [5.74, 6) is -0.277. The molecule has 1 unspecified atom stereocenters. The Morgan fingerprint density at radius 2 is 2.15 bits per heavy atom. The summed E-state index contributed by atoms with van der Waals surface area (Å²) in [5, 5.41) is 13.6. The van der Waals surface area contributed by atoms with Crippen molar-refractivity contribution in [2.24, 2.45) is 5.92 Å². The number of amides is 1. The lowest BCUT2D eigenvalue weighted by Gasteiger charge is -2.21. The van der Waals surface area contributed by atoms with E-state index < -0.39 is 10.8 Å². The highest BCUT2D eigenvalue weighted by molar-refractivity contribution is 6.01. The Balaban J connectivity index is 2.98. The van der Waals surface area contributed by atoms with Gasteiger partial charge in [0, 0.05) is 13.2 Å². The molecule has 1 atom stereocenters. The number of carbonyl (C=O) groups excluding carboxylic acids is 1. The summed E-state index contributed by atoms with van der Waals surface area (Å²) in [6.07, 6.45) is 0. The molecule has 0 fully saturated rings. The average Bonchev–Trinajstić information content (AvgIpc) is 2.37. The van der Waals surface area contributed by atoms with Gasteiger partial charge >= 0.3 is 0 Å². The van der Waals surface area contributed by atoms with Gasteiger partial charge in [0.05, 0.1) is 23.1 Å². The van der Waals surface area contributed by atoms with Crippen LogP contribution in [-0.4, -0.2) is 30.6 Å². The van der Waals surface area contributed by atoms with Gasteiger partial charge in [-0.05, 0) is 12.0 Å². The van der Waals surface area contributed by atoms with Crippen LogP contribution in [-0.2, 0) is 4.74 Å². The van der Waals surface area contributed by atoms with Crippen LogP contribution in [0.2, 0.25) is 0 Å². The molecule has 1 rings (SSSR count). The number of nitro groups is 1. The quantitative estimate of drug-likeness (QED) is 0.467. The molecule has 0 bridgehead atoms. The predicted octanol–water partition coefficient (Wildman–Crippen LogP) is 1.58. The SMILES string of the molecule is COCC(NC(=O)c1cccc([N+](=O)[O-])c1N)C(C)C. The number of ether oxygens (including phenoxy) is 1. The van der Waals surface area contributed by atoms with Crippen molar-refractivity contribution in [3.63, 3.8) is 0 Å². The number of para-hydroxylation sites is 1. The van der Waals surface area contributed by atoms with E-state index in [0.717, 1.165) is 0 Å². The number of carbonyl (C=O) groups is 1. The highest BCUT2D eigenvalue weighted by Crippen LogP contribution is 2.24. The summed E-state index contributed by atoms with van der Waals surface area (Å²) in [6, 6.07) is 3.97. The Kier molecular flexibility index (Phi) is 5.45. The summed E-state index contributed by atoms with van der Waals surface area (Å²) in [6.45, 7) is 4.25. The molecule has 0 heterocycles. The predicted molar refractivity (Wildman–Crippen MR) is 75.5 cm³/mol. The highest BCUT2D eigenvalue weighted by atomic mass is 16.6. The van der Waals surface area contributed by atoms with Crippen LogP contribution in [0, 0.1) is 16.0 Å². The van der Waals surface area contributed by atoms with Crippen LogP contribution in [0.25, 0.3) is 0 Å². The number of nitrogen functional groups attached to an aromatic ring is 1. The number of nitrogens with two attached hydrogens (primary N) is 1. The second kappa shape index (κ2) is 6.85. The van der Waals surface area contributed by atoms with Gasteiger partial charge in [-0.2, -0.15) is 0 Å². The maximum absolute atomic E-state index is 12.2. The van der Waals surface area contributed by atoms with E-state index in [4.69, 9.17) is 10.5 Å². The van der Waals surface area contributed by atoms with Gasteiger partial charge < -0.3 is 15.8 Å². The molecule has 20 heavy (non-hydrogen) atoms. The first-order chi connectivity index (χ1) is 9.38.